The van der Waals surface area contributed by atoms with Crippen LogP contribution in [-0.2, 0) is 17.5 Å². The number of amides is 1. The maximum absolute atomic E-state index is 13.4. The standard InChI is InChI=1S/C19H23F3N4O.ClH/c20-19(21,22)18-24-14-6-1-2-7-15(14)26(18)10-16(27)25-17-11-4-3-5-12(17)9-13(23)8-11;/h1-2,6-7,11-13,17H,3-5,8-10,23H2,(H,25,27);1H. The van der Waals surface area contributed by atoms with Crippen molar-refractivity contribution in [3.05, 3.63) is 30.1 Å². The predicted octanol–water partition coefficient (Wildman–Crippen LogP) is 3.50. The highest BCUT2D eigenvalue weighted by molar-refractivity contribution is 5.85. The molecule has 2 unspecified atom stereocenters. The summed E-state index contributed by atoms with van der Waals surface area (Å²) in [5.41, 5.74) is 6.65. The Bertz CT molecular complexity index is 839. The summed E-state index contributed by atoms with van der Waals surface area (Å²) in [6, 6.07) is 6.52. The molecule has 4 rings (SSSR count). The highest BCUT2D eigenvalue weighted by atomic mass is 35.5. The van der Waals surface area contributed by atoms with Crippen molar-refractivity contribution in [3.8, 4) is 0 Å². The van der Waals surface area contributed by atoms with E-state index in [0.717, 1.165) is 36.7 Å². The molecule has 0 aliphatic heterocycles. The SMILES string of the molecule is Cl.NC1CC2CCCC(C1)C2NC(=O)Cn1c(C(F)(F)F)nc2ccccc21. The van der Waals surface area contributed by atoms with E-state index in [1.807, 2.05) is 0 Å². The Morgan fingerprint density at radius 1 is 1.21 bits per heavy atom. The number of alkyl halides is 3. The first kappa shape index (κ1) is 20.9. The largest absolute Gasteiger partial charge is 0.449 e. The van der Waals surface area contributed by atoms with Crippen molar-refractivity contribution in [2.75, 3.05) is 0 Å². The normalized spacial score (nSPS) is 27.3. The number of fused-ring (bicyclic) bond motifs is 3. The zero-order valence-corrected chi connectivity index (χ0v) is 16.1. The topological polar surface area (TPSA) is 72.9 Å². The fraction of sp³-hybridized carbons (Fsp3) is 0.579. The van der Waals surface area contributed by atoms with Crippen molar-refractivity contribution in [3.63, 3.8) is 0 Å². The van der Waals surface area contributed by atoms with Gasteiger partial charge in [-0.15, -0.1) is 12.4 Å². The van der Waals surface area contributed by atoms with Gasteiger partial charge in [-0.25, -0.2) is 4.98 Å². The van der Waals surface area contributed by atoms with E-state index in [2.05, 4.69) is 10.3 Å². The van der Waals surface area contributed by atoms with Crippen LogP contribution in [0.15, 0.2) is 24.3 Å². The average Bonchev–Trinajstić information content (AvgIpc) is 2.95. The average molecular weight is 417 g/mol. The molecule has 2 saturated carbocycles. The third kappa shape index (κ3) is 3.98. The fourth-order valence-electron chi connectivity index (χ4n) is 4.85. The molecule has 0 saturated heterocycles. The minimum absolute atomic E-state index is 0. The zero-order valence-electron chi connectivity index (χ0n) is 15.3. The van der Waals surface area contributed by atoms with Crippen LogP contribution in [-0.4, -0.2) is 27.5 Å². The summed E-state index contributed by atoms with van der Waals surface area (Å²) in [5, 5.41) is 3.01. The van der Waals surface area contributed by atoms with Gasteiger partial charge in [0.2, 0.25) is 11.7 Å². The Morgan fingerprint density at radius 2 is 1.86 bits per heavy atom. The number of hydrogen-bond donors (Lipinski definition) is 2. The second kappa shape index (κ2) is 7.91. The van der Waals surface area contributed by atoms with Crippen LogP contribution in [0, 0.1) is 11.8 Å². The molecule has 2 fully saturated rings. The first-order chi connectivity index (χ1) is 12.8. The number of nitrogens with one attached hydrogen (secondary N) is 1. The summed E-state index contributed by atoms with van der Waals surface area (Å²) in [5.74, 6) is -0.804. The van der Waals surface area contributed by atoms with Gasteiger partial charge in [0.05, 0.1) is 11.0 Å². The van der Waals surface area contributed by atoms with Crippen LogP contribution < -0.4 is 11.1 Å². The number of imidazole rings is 1. The lowest BCUT2D eigenvalue weighted by molar-refractivity contribution is -0.147. The van der Waals surface area contributed by atoms with E-state index in [9.17, 15) is 18.0 Å². The molecule has 1 aromatic heterocycles. The minimum atomic E-state index is -4.62. The molecule has 28 heavy (non-hydrogen) atoms. The summed E-state index contributed by atoms with van der Waals surface area (Å²) >= 11 is 0. The van der Waals surface area contributed by atoms with Crippen LogP contribution in [0.5, 0.6) is 0 Å². The van der Waals surface area contributed by atoms with Gasteiger partial charge in [-0.1, -0.05) is 18.6 Å². The van der Waals surface area contributed by atoms with Gasteiger partial charge >= 0.3 is 6.18 Å². The van der Waals surface area contributed by atoms with Crippen molar-refractivity contribution < 1.29 is 18.0 Å². The summed E-state index contributed by atoms with van der Waals surface area (Å²) < 4.78 is 41.2. The molecule has 5 nitrogen and oxygen atoms in total. The monoisotopic (exact) mass is 416 g/mol. The molecule has 0 spiro atoms. The second-order valence-corrected chi connectivity index (χ2v) is 7.78. The Labute approximate surface area is 167 Å². The highest BCUT2D eigenvalue weighted by Gasteiger charge is 2.41. The smallest absolute Gasteiger partial charge is 0.351 e. The molecule has 9 heteroatoms. The molecule has 1 heterocycles. The Morgan fingerprint density at radius 3 is 2.50 bits per heavy atom. The highest BCUT2D eigenvalue weighted by Crippen LogP contribution is 2.39. The predicted molar refractivity (Wildman–Crippen MR) is 102 cm³/mol. The zero-order chi connectivity index (χ0) is 19.2. The van der Waals surface area contributed by atoms with Gasteiger partial charge < -0.3 is 15.6 Å². The van der Waals surface area contributed by atoms with Crippen molar-refractivity contribution in [1.82, 2.24) is 14.9 Å². The van der Waals surface area contributed by atoms with Gasteiger partial charge in [0.15, 0.2) is 0 Å². The molecule has 3 N–H and O–H groups in total. The molecule has 2 aromatic rings. The Balaban J connectivity index is 0.00000225. The number of carbonyl (C=O) groups is 1. The molecule has 2 aliphatic rings. The number of hydrogen-bond acceptors (Lipinski definition) is 3. The quantitative estimate of drug-likeness (QED) is 0.804. The molecule has 2 aliphatic carbocycles. The van der Waals surface area contributed by atoms with Crippen molar-refractivity contribution >= 4 is 29.3 Å². The number of benzene rings is 1. The maximum atomic E-state index is 13.4. The summed E-state index contributed by atoms with van der Waals surface area (Å²) in [6.07, 6.45) is 0.257. The van der Waals surface area contributed by atoms with E-state index >= 15 is 0 Å². The lowest BCUT2D eigenvalue weighted by Crippen LogP contribution is -2.54. The lowest BCUT2D eigenvalue weighted by Gasteiger charge is -2.45. The van der Waals surface area contributed by atoms with Crippen molar-refractivity contribution in [2.45, 2.75) is 56.9 Å². The molecule has 2 bridgehead atoms. The number of rotatable bonds is 3. The fourth-order valence-corrected chi connectivity index (χ4v) is 4.85. The summed E-state index contributed by atoms with van der Waals surface area (Å²) in [7, 11) is 0. The molecule has 1 aromatic carbocycles. The van der Waals surface area contributed by atoms with E-state index in [0.29, 0.717) is 17.4 Å². The first-order valence-electron chi connectivity index (χ1n) is 9.40. The van der Waals surface area contributed by atoms with Crippen LogP contribution in [0.1, 0.15) is 37.9 Å². The Kier molecular flexibility index (Phi) is 5.91. The van der Waals surface area contributed by atoms with Gasteiger partial charge in [0.1, 0.15) is 6.54 Å². The molecule has 2 atom stereocenters. The van der Waals surface area contributed by atoms with Crippen molar-refractivity contribution in [1.29, 1.82) is 0 Å². The van der Waals surface area contributed by atoms with Crippen LogP contribution in [0.4, 0.5) is 13.2 Å². The van der Waals surface area contributed by atoms with Gasteiger partial charge in [-0.2, -0.15) is 13.2 Å². The molecular formula is C19H24ClF3N4O. The number of nitrogens with two attached hydrogens (primary N) is 1. The second-order valence-electron chi connectivity index (χ2n) is 7.78. The van der Waals surface area contributed by atoms with E-state index < -0.39 is 24.5 Å². The third-order valence-corrected chi connectivity index (χ3v) is 5.91. The summed E-state index contributed by atoms with van der Waals surface area (Å²) in [4.78, 5) is 16.3. The van der Waals surface area contributed by atoms with Crippen LogP contribution in [0.3, 0.4) is 0 Å². The van der Waals surface area contributed by atoms with Crippen LogP contribution in [0.25, 0.3) is 11.0 Å². The molecular weight excluding hydrogens is 393 g/mol. The first-order valence-corrected chi connectivity index (χ1v) is 9.40. The van der Waals surface area contributed by atoms with E-state index in [1.54, 1.807) is 18.2 Å². The van der Waals surface area contributed by atoms with E-state index in [1.165, 1.54) is 6.07 Å². The van der Waals surface area contributed by atoms with Crippen LogP contribution >= 0.6 is 12.4 Å². The van der Waals surface area contributed by atoms with Gasteiger partial charge in [0.25, 0.3) is 0 Å². The van der Waals surface area contributed by atoms with E-state index in [-0.39, 0.29) is 30.0 Å². The number of aromatic nitrogens is 2. The number of carbonyl (C=O) groups excluding carboxylic acids is 1. The van der Waals surface area contributed by atoms with Crippen LogP contribution in [0.2, 0.25) is 0 Å². The molecule has 154 valence electrons. The number of halogens is 4. The Hall–Kier alpha value is -1.80. The summed E-state index contributed by atoms with van der Waals surface area (Å²) in [6.45, 7) is -0.392. The van der Waals surface area contributed by atoms with Crippen molar-refractivity contribution in [2.24, 2.45) is 17.6 Å². The van der Waals surface area contributed by atoms with Gasteiger partial charge in [-0.3, -0.25) is 4.79 Å². The minimum Gasteiger partial charge on any atom is -0.351 e. The number of nitrogens with zero attached hydrogens (tertiary/aromatic N) is 2. The third-order valence-electron chi connectivity index (χ3n) is 5.91. The van der Waals surface area contributed by atoms with E-state index in [4.69, 9.17) is 5.73 Å². The van der Waals surface area contributed by atoms with Gasteiger partial charge in [-0.05, 0) is 49.7 Å². The lowest BCUT2D eigenvalue weighted by atomic mass is 9.67. The number of para-hydroxylation sites is 2. The maximum Gasteiger partial charge on any atom is 0.449 e. The molecule has 0 radical (unpaired) electrons. The van der Waals surface area contributed by atoms with Gasteiger partial charge in [0, 0.05) is 12.1 Å². The molecule has 1 amide bonds.